The topological polar surface area (TPSA) is 13.1 Å². The predicted octanol–water partition coefficient (Wildman–Crippen LogP) is 5.72. The number of rotatable bonds is 2. The van der Waals surface area contributed by atoms with Crippen LogP contribution in [0.4, 0.5) is 0 Å². The fourth-order valence-electron chi connectivity index (χ4n) is 5.36. The second kappa shape index (κ2) is 6.78. The van der Waals surface area contributed by atoms with E-state index in [2.05, 4.69) is 117 Å². The molecule has 6 rings (SSSR count). The van der Waals surface area contributed by atoms with Crippen molar-refractivity contribution in [3.05, 3.63) is 90.5 Å². The molecule has 4 aromatic carbocycles. The molecule has 0 bridgehead atoms. The number of hydrogen-bond donors (Lipinski definition) is 0. The Morgan fingerprint density at radius 3 is 2.38 bits per heavy atom. The summed E-state index contributed by atoms with van der Waals surface area (Å²) in [7, 11) is 0.290. The van der Waals surface area contributed by atoms with Crippen LogP contribution in [-0.4, -0.2) is 8.07 Å². The van der Waals surface area contributed by atoms with Gasteiger partial charge < -0.3 is 4.74 Å². The van der Waals surface area contributed by atoms with Gasteiger partial charge in [-0.3, -0.25) is 0 Å². The highest BCUT2D eigenvalue weighted by Gasteiger charge is 2.34. The molecule has 0 fully saturated rings. The standard InChI is InChI=1S/C29H26NOSi/c1-19-16-17-20-10-8-14-24-28(20)27(19)29-25(31-24)18-22-23(30(29)2)13-9-15-26(22)32(3,4)21-11-6-5-7-12-21/h5-18H,1-4H3/q+1. The maximum absolute atomic E-state index is 6.56. The Morgan fingerprint density at radius 2 is 1.56 bits per heavy atom. The van der Waals surface area contributed by atoms with Gasteiger partial charge in [-0.05, 0) is 29.1 Å². The van der Waals surface area contributed by atoms with Gasteiger partial charge in [0.25, 0.3) is 5.69 Å². The molecule has 2 heterocycles. The highest BCUT2D eigenvalue weighted by molar-refractivity contribution is 7.01. The van der Waals surface area contributed by atoms with Crippen LogP contribution in [0.1, 0.15) is 5.56 Å². The van der Waals surface area contributed by atoms with Crippen molar-refractivity contribution in [1.82, 2.24) is 0 Å². The van der Waals surface area contributed by atoms with E-state index in [9.17, 15) is 0 Å². The van der Waals surface area contributed by atoms with Gasteiger partial charge in [-0.15, -0.1) is 0 Å². The number of aryl methyl sites for hydroxylation is 2. The van der Waals surface area contributed by atoms with Crippen molar-refractivity contribution in [3.8, 4) is 22.8 Å². The van der Waals surface area contributed by atoms with E-state index in [0.29, 0.717) is 0 Å². The lowest BCUT2D eigenvalue weighted by atomic mass is 9.93. The van der Waals surface area contributed by atoms with Crippen molar-refractivity contribution in [2.75, 3.05) is 0 Å². The first-order chi connectivity index (χ1) is 15.5. The van der Waals surface area contributed by atoms with Crippen molar-refractivity contribution < 1.29 is 9.30 Å². The maximum atomic E-state index is 6.56. The molecule has 0 amide bonds. The van der Waals surface area contributed by atoms with E-state index in [0.717, 1.165) is 17.2 Å². The fourth-order valence-corrected chi connectivity index (χ4v) is 8.09. The predicted molar refractivity (Wildman–Crippen MR) is 136 cm³/mol. The molecule has 0 atom stereocenters. The largest absolute Gasteiger partial charge is 0.450 e. The molecule has 0 radical (unpaired) electrons. The number of aromatic nitrogens is 1. The Morgan fingerprint density at radius 1 is 0.781 bits per heavy atom. The van der Waals surface area contributed by atoms with Gasteiger partial charge in [-0.2, -0.15) is 4.57 Å². The van der Waals surface area contributed by atoms with Crippen LogP contribution in [0.25, 0.3) is 32.9 Å². The smallest absolute Gasteiger partial charge is 0.256 e. The van der Waals surface area contributed by atoms with Crippen LogP contribution >= 0.6 is 0 Å². The molecule has 1 aromatic heterocycles. The number of nitrogens with zero attached hydrogens (tertiary/aromatic N) is 1. The van der Waals surface area contributed by atoms with Crippen molar-refractivity contribution in [1.29, 1.82) is 0 Å². The summed E-state index contributed by atoms with van der Waals surface area (Å²) in [6, 6.07) is 30.8. The average Bonchev–Trinajstić information content (AvgIpc) is 2.81. The summed E-state index contributed by atoms with van der Waals surface area (Å²) in [5, 5.41) is 6.61. The SMILES string of the molecule is Cc1ccc2cccc3c2c1-c1c(cc2c([Si](C)(C)c4ccccc4)cccc2[n+]1C)O3. The van der Waals surface area contributed by atoms with E-state index in [1.54, 1.807) is 0 Å². The molecule has 0 spiro atoms. The first kappa shape index (κ1) is 19.3. The summed E-state index contributed by atoms with van der Waals surface area (Å²) < 4.78 is 8.90. The number of hydrogen-bond acceptors (Lipinski definition) is 1. The summed E-state index contributed by atoms with van der Waals surface area (Å²) in [4.78, 5) is 0. The Bertz CT molecular complexity index is 1540. The van der Waals surface area contributed by atoms with Crippen LogP contribution in [0.2, 0.25) is 13.1 Å². The molecule has 0 N–H and O–H groups in total. The molecular weight excluding hydrogens is 406 g/mol. The first-order valence-corrected chi connectivity index (χ1v) is 14.2. The van der Waals surface area contributed by atoms with E-state index in [1.807, 2.05) is 0 Å². The van der Waals surface area contributed by atoms with E-state index in [4.69, 9.17) is 4.74 Å². The van der Waals surface area contributed by atoms with Crippen molar-refractivity contribution >= 4 is 40.1 Å². The van der Waals surface area contributed by atoms with Gasteiger partial charge in [0.2, 0.25) is 5.52 Å². The van der Waals surface area contributed by atoms with E-state index >= 15 is 0 Å². The molecule has 1 aliphatic rings. The highest BCUT2D eigenvalue weighted by atomic mass is 28.3. The molecule has 32 heavy (non-hydrogen) atoms. The second-order valence-electron chi connectivity index (χ2n) is 9.36. The summed E-state index contributed by atoms with van der Waals surface area (Å²) in [5.74, 6) is 1.89. The zero-order chi connectivity index (χ0) is 22.0. The maximum Gasteiger partial charge on any atom is 0.256 e. The van der Waals surface area contributed by atoms with Crippen LogP contribution in [-0.2, 0) is 7.05 Å². The quantitative estimate of drug-likeness (QED) is 0.252. The number of ether oxygens (including phenoxy) is 1. The van der Waals surface area contributed by atoms with Gasteiger partial charge in [0, 0.05) is 22.9 Å². The number of benzene rings is 4. The molecule has 0 unspecified atom stereocenters. The lowest BCUT2D eigenvalue weighted by Gasteiger charge is -2.26. The third kappa shape index (κ3) is 2.61. The minimum absolute atomic E-state index is 0.944. The van der Waals surface area contributed by atoms with Crippen molar-refractivity contribution in [2.24, 2.45) is 7.05 Å². The third-order valence-electron chi connectivity index (χ3n) is 7.13. The van der Waals surface area contributed by atoms with Crippen LogP contribution in [0.5, 0.6) is 11.5 Å². The number of pyridine rings is 1. The molecule has 0 saturated heterocycles. The molecule has 0 saturated carbocycles. The lowest BCUT2D eigenvalue weighted by molar-refractivity contribution is -0.633. The first-order valence-electron chi connectivity index (χ1n) is 11.2. The van der Waals surface area contributed by atoms with Crippen LogP contribution < -0.4 is 19.7 Å². The Kier molecular flexibility index (Phi) is 4.08. The molecular formula is C29H26NOSi+. The minimum atomic E-state index is -1.89. The molecule has 5 aromatic rings. The van der Waals surface area contributed by atoms with Crippen molar-refractivity contribution in [2.45, 2.75) is 20.0 Å². The normalized spacial score (nSPS) is 12.6. The minimum Gasteiger partial charge on any atom is -0.450 e. The molecule has 156 valence electrons. The van der Waals surface area contributed by atoms with Gasteiger partial charge in [0.1, 0.15) is 20.9 Å². The van der Waals surface area contributed by atoms with Crippen LogP contribution in [0, 0.1) is 6.92 Å². The van der Waals surface area contributed by atoms with E-state index in [-0.39, 0.29) is 0 Å². The third-order valence-corrected chi connectivity index (χ3v) is 10.7. The summed E-state index contributed by atoms with van der Waals surface area (Å²) in [6.45, 7) is 7.09. The van der Waals surface area contributed by atoms with Gasteiger partial charge in [0.15, 0.2) is 5.75 Å². The van der Waals surface area contributed by atoms with E-state index < -0.39 is 8.07 Å². The van der Waals surface area contributed by atoms with Gasteiger partial charge >= 0.3 is 0 Å². The van der Waals surface area contributed by atoms with Gasteiger partial charge in [0.05, 0.1) is 5.56 Å². The van der Waals surface area contributed by atoms with Crippen molar-refractivity contribution in [3.63, 3.8) is 0 Å². The fraction of sp³-hybridized carbons (Fsp3) is 0.138. The highest BCUT2D eigenvalue weighted by Crippen LogP contribution is 2.46. The van der Waals surface area contributed by atoms with Gasteiger partial charge in [-0.1, -0.05) is 85.0 Å². The summed E-state index contributed by atoms with van der Waals surface area (Å²) >= 11 is 0. The lowest BCUT2D eigenvalue weighted by Crippen LogP contribution is -2.53. The second-order valence-corrected chi connectivity index (χ2v) is 13.7. The van der Waals surface area contributed by atoms with Crippen LogP contribution in [0.15, 0.2) is 84.9 Å². The Hall–Kier alpha value is -3.43. The average molecular weight is 433 g/mol. The molecule has 0 aliphatic carbocycles. The summed E-state index contributed by atoms with van der Waals surface area (Å²) in [6.07, 6.45) is 0. The zero-order valence-corrected chi connectivity index (χ0v) is 19.9. The Balaban J connectivity index is 1.69. The zero-order valence-electron chi connectivity index (χ0n) is 18.9. The number of fused-ring (bicyclic) bond motifs is 3. The Labute approximate surface area is 189 Å². The van der Waals surface area contributed by atoms with E-state index in [1.165, 1.54) is 43.2 Å². The van der Waals surface area contributed by atoms with Crippen LogP contribution in [0.3, 0.4) is 0 Å². The van der Waals surface area contributed by atoms with Gasteiger partial charge in [-0.25, -0.2) is 0 Å². The summed E-state index contributed by atoms with van der Waals surface area (Å²) in [5.41, 5.74) is 4.97. The monoisotopic (exact) mass is 432 g/mol. The molecule has 1 aliphatic heterocycles. The molecule has 3 heteroatoms. The molecule has 2 nitrogen and oxygen atoms in total.